The van der Waals surface area contributed by atoms with Gasteiger partial charge in [0.15, 0.2) is 0 Å². The zero-order valence-electron chi connectivity index (χ0n) is 14.5. The minimum absolute atomic E-state index is 0.0191. The highest BCUT2D eigenvalue weighted by molar-refractivity contribution is 5.79. The number of carbonyl (C=O) groups excluding carboxylic acids is 1. The van der Waals surface area contributed by atoms with E-state index in [1.165, 1.54) is 6.20 Å². The predicted octanol–water partition coefficient (Wildman–Crippen LogP) is 1.33. The largest absolute Gasteiger partial charge is 0.508 e. The van der Waals surface area contributed by atoms with E-state index in [0.29, 0.717) is 6.54 Å². The number of phenols is 1. The molecule has 138 valence electrons. The Morgan fingerprint density at radius 2 is 2.12 bits per heavy atom. The Bertz CT molecular complexity index is 887. The number of rotatable bonds is 5. The van der Waals surface area contributed by atoms with Gasteiger partial charge in [-0.2, -0.15) is 0 Å². The fraction of sp³-hybridized carbons (Fsp3) is 0.421. The highest BCUT2D eigenvalue weighted by Crippen LogP contribution is 2.23. The number of H-pyrrole nitrogens is 2. The third kappa shape index (κ3) is 4.41. The van der Waals surface area contributed by atoms with E-state index >= 15 is 0 Å². The van der Waals surface area contributed by atoms with Gasteiger partial charge in [-0.3, -0.25) is 14.6 Å². The molecule has 3 N–H and O–H groups in total. The number of nitrogens with zero attached hydrogens (tertiary/aromatic N) is 1. The van der Waals surface area contributed by atoms with Crippen molar-refractivity contribution in [3.63, 3.8) is 0 Å². The molecule has 3 rings (SSSR count). The number of amides is 1. The summed E-state index contributed by atoms with van der Waals surface area (Å²) in [4.78, 5) is 42.0. The van der Waals surface area contributed by atoms with Gasteiger partial charge in [0.05, 0.1) is 6.42 Å². The van der Waals surface area contributed by atoms with Gasteiger partial charge in [0.25, 0.3) is 5.56 Å². The number of nitrogens with one attached hydrogen (secondary N) is 2. The fourth-order valence-electron chi connectivity index (χ4n) is 3.51. The maximum absolute atomic E-state index is 12.7. The molecular formula is C19H23N3O4. The van der Waals surface area contributed by atoms with Gasteiger partial charge in [-0.05, 0) is 49.8 Å². The summed E-state index contributed by atoms with van der Waals surface area (Å²) in [5.74, 6) is 0.152. The summed E-state index contributed by atoms with van der Waals surface area (Å²) in [7, 11) is 0. The van der Waals surface area contributed by atoms with E-state index in [4.69, 9.17) is 0 Å². The molecule has 1 aromatic carbocycles. The van der Waals surface area contributed by atoms with Crippen LogP contribution in [0.2, 0.25) is 0 Å². The van der Waals surface area contributed by atoms with Gasteiger partial charge in [0, 0.05) is 24.3 Å². The summed E-state index contributed by atoms with van der Waals surface area (Å²) in [5, 5.41) is 9.58. The lowest BCUT2D eigenvalue weighted by Gasteiger charge is -2.36. The van der Waals surface area contributed by atoms with Gasteiger partial charge in [0.2, 0.25) is 5.91 Å². The Hall–Kier alpha value is -2.83. The lowest BCUT2D eigenvalue weighted by Crippen LogP contribution is -2.45. The first kappa shape index (κ1) is 18.0. The molecule has 0 radical (unpaired) electrons. The van der Waals surface area contributed by atoms with E-state index in [0.717, 1.165) is 37.7 Å². The second-order valence-electron chi connectivity index (χ2n) is 6.72. The topological polar surface area (TPSA) is 106 Å². The summed E-state index contributed by atoms with van der Waals surface area (Å²) >= 11 is 0. The van der Waals surface area contributed by atoms with Gasteiger partial charge in [-0.1, -0.05) is 12.1 Å². The van der Waals surface area contributed by atoms with Gasteiger partial charge in [-0.25, -0.2) is 4.79 Å². The molecule has 1 atom stereocenters. The number of hydrogen-bond donors (Lipinski definition) is 3. The number of carbonyl (C=O) groups is 1. The average Bonchev–Trinajstić information content (AvgIpc) is 2.62. The molecule has 2 aromatic rings. The Labute approximate surface area is 150 Å². The molecule has 2 heterocycles. The fourth-order valence-corrected chi connectivity index (χ4v) is 3.51. The van der Waals surface area contributed by atoms with Crippen molar-refractivity contribution in [1.29, 1.82) is 0 Å². The number of likely N-dealkylation sites (tertiary alicyclic amines) is 1. The van der Waals surface area contributed by atoms with Crippen LogP contribution in [-0.4, -0.2) is 38.5 Å². The summed E-state index contributed by atoms with van der Waals surface area (Å²) in [6.45, 7) is 0.685. The minimum atomic E-state index is -0.576. The standard InChI is InChI=1S/C19H23N3O4/c23-16-6-3-4-13(10-16)7-8-15-5-1-2-9-22(15)17(24)11-14-12-20-19(26)21-18(14)25/h3-4,6,10,12,15,23H,1-2,5,7-9,11H2,(H2,20,21,25,26). The Balaban J connectivity index is 1.66. The number of hydrogen-bond acceptors (Lipinski definition) is 4. The number of phenolic OH excluding ortho intramolecular Hbond substituents is 1. The molecule has 1 amide bonds. The highest BCUT2D eigenvalue weighted by atomic mass is 16.3. The van der Waals surface area contributed by atoms with E-state index in [1.54, 1.807) is 12.1 Å². The molecule has 1 aliphatic heterocycles. The Morgan fingerprint density at radius 1 is 1.27 bits per heavy atom. The summed E-state index contributed by atoms with van der Waals surface area (Å²) < 4.78 is 0. The van der Waals surface area contributed by atoms with E-state index < -0.39 is 11.2 Å². The Morgan fingerprint density at radius 3 is 2.88 bits per heavy atom. The van der Waals surface area contributed by atoms with Crippen LogP contribution < -0.4 is 11.2 Å². The van der Waals surface area contributed by atoms with Crippen LogP contribution in [0.4, 0.5) is 0 Å². The van der Waals surface area contributed by atoms with Crippen molar-refractivity contribution in [3.8, 4) is 5.75 Å². The molecule has 0 bridgehead atoms. The first-order chi connectivity index (χ1) is 12.5. The van der Waals surface area contributed by atoms with Crippen LogP contribution in [0.5, 0.6) is 5.75 Å². The quantitative estimate of drug-likeness (QED) is 0.750. The van der Waals surface area contributed by atoms with E-state index in [-0.39, 0.29) is 29.7 Å². The van der Waals surface area contributed by atoms with Crippen molar-refractivity contribution in [3.05, 3.63) is 62.4 Å². The van der Waals surface area contributed by atoms with Crippen molar-refractivity contribution in [2.24, 2.45) is 0 Å². The monoisotopic (exact) mass is 357 g/mol. The third-order valence-corrected chi connectivity index (χ3v) is 4.86. The van der Waals surface area contributed by atoms with Crippen LogP contribution >= 0.6 is 0 Å². The first-order valence-electron chi connectivity index (χ1n) is 8.91. The van der Waals surface area contributed by atoms with Crippen molar-refractivity contribution >= 4 is 5.91 Å². The molecular weight excluding hydrogens is 334 g/mol. The highest BCUT2D eigenvalue weighted by Gasteiger charge is 2.26. The van der Waals surface area contributed by atoms with Crippen LogP contribution in [0, 0.1) is 0 Å². The molecule has 1 unspecified atom stereocenters. The number of piperidine rings is 1. The van der Waals surface area contributed by atoms with Gasteiger partial charge >= 0.3 is 5.69 Å². The zero-order chi connectivity index (χ0) is 18.5. The maximum Gasteiger partial charge on any atom is 0.325 e. The van der Waals surface area contributed by atoms with Crippen molar-refractivity contribution in [2.45, 2.75) is 44.6 Å². The molecule has 1 aromatic heterocycles. The lowest BCUT2D eigenvalue weighted by atomic mass is 9.95. The van der Waals surface area contributed by atoms with Gasteiger partial charge < -0.3 is 15.0 Å². The second kappa shape index (κ2) is 8.03. The zero-order valence-corrected chi connectivity index (χ0v) is 14.5. The van der Waals surface area contributed by atoms with Crippen molar-refractivity contribution in [2.75, 3.05) is 6.54 Å². The van der Waals surface area contributed by atoms with Crippen molar-refractivity contribution < 1.29 is 9.90 Å². The minimum Gasteiger partial charge on any atom is -0.508 e. The molecule has 7 nitrogen and oxygen atoms in total. The number of aryl methyl sites for hydroxylation is 1. The van der Waals surface area contributed by atoms with Gasteiger partial charge in [0.1, 0.15) is 5.75 Å². The van der Waals surface area contributed by atoms with Crippen LogP contribution in [0.25, 0.3) is 0 Å². The molecule has 1 saturated heterocycles. The number of aromatic amines is 2. The SMILES string of the molecule is O=C(Cc1c[nH]c(=O)[nH]c1=O)N1CCCCC1CCc1cccc(O)c1. The van der Waals surface area contributed by atoms with Crippen LogP contribution in [-0.2, 0) is 17.6 Å². The van der Waals surface area contributed by atoms with Crippen LogP contribution in [0.3, 0.4) is 0 Å². The van der Waals surface area contributed by atoms with Crippen LogP contribution in [0.1, 0.15) is 36.8 Å². The molecule has 1 fully saturated rings. The summed E-state index contributed by atoms with van der Waals surface area (Å²) in [6, 6.07) is 7.29. The molecule has 0 spiro atoms. The van der Waals surface area contributed by atoms with E-state index in [2.05, 4.69) is 9.97 Å². The number of benzene rings is 1. The second-order valence-corrected chi connectivity index (χ2v) is 6.72. The van der Waals surface area contributed by atoms with E-state index in [1.807, 2.05) is 17.0 Å². The molecule has 7 heteroatoms. The molecule has 26 heavy (non-hydrogen) atoms. The molecule has 0 saturated carbocycles. The van der Waals surface area contributed by atoms with Crippen molar-refractivity contribution in [1.82, 2.24) is 14.9 Å². The summed E-state index contributed by atoms with van der Waals surface area (Å²) in [6.07, 6.45) is 5.86. The molecule has 1 aliphatic rings. The first-order valence-corrected chi connectivity index (χ1v) is 8.91. The average molecular weight is 357 g/mol. The smallest absolute Gasteiger partial charge is 0.325 e. The predicted molar refractivity (Wildman–Crippen MR) is 97.2 cm³/mol. The van der Waals surface area contributed by atoms with E-state index in [9.17, 15) is 19.5 Å². The number of aromatic nitrogens is 2. The third-order valence-electron chi connectivity index (χ3n) is 4.86. The maximum atomic E-state index is 12.7. The lowest BCUT2D eigenvalue weighted by molar-refractivity contribution is -0.134. The number of aromatic hydroxyl groups is 1. The Kier molecular flexibility index (Phi) is 5.55. The van der Waals surface area contributed by atoms with Gasteiger partial charge in [-0.15, -0.1) is 0 Å². The summed E-state index contributed by atoms with van der Waals surface area (Å²) in [5.41, 5.74) is 0.218. The normalized spacial score (nSPS) is 17.2. The van der Waals surface area contributed by atoms with Crippen LogP contribution in [0.15, 0.2) is 40.1 Å². The molecule has 0 aliphatic carbocycles.